The predicted octanol–water partition coefficient (Wildman–Crippen LogP) is 21.9. The zero-order valence-corrected chi connectivity index (χ0v) is 66.5. The summed E-state index contributed by atoms with van der Waals surface area (Å²) in [7, 11) is -5.57. The van der Waals surface area contributed by atoms with Gasteiger partial charge in [0.1, 0.15) is 11.2 Å². The van der Waals surface area contributed by atoms with Crippen LogP contribution in [0, 0.1) is 23.7 Å². The van der Waals surface area contributed by atoms with Crippen LogP contribution < -0.4 is 51.3 Å². The quantitative estimate of drug-likeness (QED) is 0.0799. The lowest BCUT2D eigenvalue weighted by atomic mass is 9.43. The molecular formula is C105H94N2OSi2. The standard InChI is InChI=1S/C105H94N2OSi2/c1-102(2,3)72-29-27-31-78(64-72)106(76-45-51-88(52-46-76)109(82-33-15-9-16-34-82,83-35-17-10-18-36-83)84-37-19-11-20-38-84)80-49-55-90-93-68-94-91-57-58-98-100(101(91)105(74-60-70-59-71(62-74)63-75(105)61-70)97(94)69-96(93)104(7,8)95(90)66-80)92-56-50-81(67-99(92)108-98)107(79-32-28-30-73(65-79)103(4,5)6)77-47-53-89(54-48-77)110(85-39-21-12-22-40-85,86-41-23-13-24-42-86)87-43-25-14-26-44-87/h9-58,64-71,74-75H,59-63H2,1-8H3. The highest BCUT2D eigenvalue weighted by Crippen LogP contribution is 2.72. The minimum absolute atomic E-state index is 0.0457. The van der Waals surface area contributed by atoms with Crippen molar-refractivity contribution in [3.63, 3.8) is 0 Å². The summed E-state index contributed by atoms with van der Waals surface area (Å²) >= 11 is 0. The second kappa shape index (κ2) is 25.8. The van der Waals surface area contributed by atoms with E-state index in [1.54, 1.807) is 11.1 Å². The molecule has 538 valence electrons. The molecule has 15 aromatic rings. The van der Waals surface area contributed by atoms with Crippen molar-refractivity contribution >= 4 is 114 Å². The van der Waals surface area contributed by atoms with E-state index in [1.807, 2.05) is 0 Å². The summed E-state index contributed by atoms with van der Waals surface area (Å²) in [6.45, 7) is 19.0. The summed E-state index contributed by atoms with van der Waals surface area (Å²) in [4.78, 5) is 5.01. The summed E-state index contributed by atoms with van der Waals surface area (Å²) in [5.74, 6) is 2.69. The average molecular weight is 1460 g/mol. The molecule has 0 radical (unpaired) electrons. The summed E-state index contributed by atoms with van der Waals surface area (Å²) in [5, 5.41) is 13.4. The van der Waals surface area contributed by atoms with Gasteiger partial charge in [-0.05, 0) is 249 Å². The largest absolute Gasteiger partial charge is 0.456 e. The predicted molar refractivity (Wildman–Crippen MR) is 469 cm³/mol. The number of furan rings is 1. The highest BCUT2D eigenvalue weighted by Gasteiger charge is 2.63. The smallest absolute Gasteiger partial charge is 0.179 e. The minimum atomic E-state index is -2.79. The first kappa shape index (κ1) is 68.2. The lowest BCUT2D eigenvalue weighted by Crippen LogP contribution is -2.74. The fourth-order valence-corrected chi connectivity index (χ4v) is 31.5. The summed E-state index contributed by atoms with van der Waals surface area (Å²) in [5.41, 5.74) is 22.3. The minimum Gasteiger partial charge on any atom is -0.456 e. The number of benzene rings is 14. The third kappa shape index (κ3) is 10.5. The molecule has 1 aromatic heterocycles. The van der Waals surface area contributed by atoms with Gasteiger partial charge in [0.15, 0.2) is 16.1 Å². The number of nitrogens with zero attached hydrogens (tertiary/aromatic N) is 2. The molecule has 4 bridgehead atoms. The molecular weight excluding hydrogens is 1360 g/mol. The fourth-order valence-electron chi connectivity index (χ4n) is 22.0. The Morgan fingerprint density at radius 1 is 0.300 bits per heavy atom. The van der Waals surface area contributed by atoms with Crippen LogP contribution in [0.1, 0.15) is 121 Å². The van der Waals surface area contributed by atoms with Crippen molar-refractivity contribution in [1.29, 1.82) is 0 Å². The molecule has 21 rings (SSSR count). The van der Waals surface area contributed by atoms with Gasteiger partial charge in [-0.2, -0.15) is 0 Å². The van der Waals surface area contributed by atoms with Crippen LogP contribution in [-0.2, 0) is 21.7 Å². The van der Waals surface area contributed by atoms with Crippen LogP contribution in [0.5, 0.6) is 0 Å². The zero-order chi connectivity index (χ0) is 74.5. The molecule has 0 aliphatic heterocycles. The van der Waals surface area contributed by atoms with Gasteiger partial charge in [0.25, 0.3) is 0 Å². The molecule has 5 heteroatoms. The second-order valence-electron chi connectivity index (χ2n) is 35.2. The maximum atomic E-state index is 7.44. The van der Waals surface area contributed by atoms with Crippen LogP contribution in [0.25, 0.3) is 44.2 Å². The van der Waals surface area contributed by atoms with E-state index in [0.29, 0.717) is 11.8 Å². The Kier molecular flexibility index (Phi) is 16.0. The van der Waals surface area contributed by atoms with E-state index in [1.165, 1.54) is 135 Å². The molecule has 1 heterocycles. The van der Waals surface area contributed by atoms with E-state index in [0.717, 1.165) is 51.4 Å². The molecule has 6 aliphatic rings. The van der Waals surface area contributed by atoms with Crippen molar-refractivity contribution in [3.05, 3.63) is 373 Å². The van der Waals surface area contributed by atoms with Crippen LogP contribution in [-0.4, -0.2) is 16.1 Å². The first-order valence-corrected chi connectivity index (χ1v) is 44.2. The molecule has 4 fully saturated rings. The van der Waals surface area contributed by atoms with E-state index in [4.69, 9.17) is 4.42 Å². The van der Waals surface area contributed by atoms with Gasteiger partial charge in [-0.1, -0.05) is 304 Å². The maximum absolute atomic E-state index is 7.44. The van der Waals surface area contributed by atoms with Crippen LogP contribution in [0.4, 0.5) is 34.1 Å². The van der Waals surface area contributed by atoms with Gasteiger partial charge in [-0.3, -0.25) is 0 Å². The first-order chi connectivity index (χ1) is 53.5. The van der Waals surface area contributed by atoms with E-state index in [9.17, 15) is 0 Å². The molecule has 0 atom stereocenters. The third-order valence-electron chi connectivity index (χ3n) is 26.8. The Balaban J connectivity index is 0.722. The number of hydrogen-bond donors (Lipinski definition) is 0. The molecule has 3 nitrogen and oxygen atoms in total. The van der Waals surface area contributed by atoms with E-state index < -0.39 is 16.1 Å². The second-order valence-corrected chi connectivity index (χ2v) is 42.8. The van der Waals surface area contributed by atoms with Crippen LogP contribution in [0.3, 0.4) is 0 Å². The molecule has 0 N–H and O–H groups in total. The monoisotopic (exact) mass is 1450 g/mol. The fraction of sp³-hybridized carbons (Fsp3) is 0.200. The molecule has 4 saturated carbocycles. The van der Waals surface area contributed by atoms with Crippen LogP contribution >= 0.6 is 0 Å². The van der Waals surface area contributed by atoms with Crippen LogP contribution in [0.2, 0.25) is 0 Å². The van der Waals surface area contributed by atoms with Crippen molar-refractivity contribution in [2.45, 2.75) is 109 Å². The highest BCUT2D eigenvalue weighted by molar-refractivity contribution is 7.20. The Labute approximate surface area is 651 Å². The topological polar surface area (TPSA) is 19.6 Å². The van der Waals surface area contributed by atoms with E-state index in [2.05, 4.69) is 405 Å². The molecule has 110 heavy (non-hydrogen) atoms. The first-order valence-electron chi connectivity index (χ1n) is 40.2. The Morgan fingerprint density at radius 3 is 1.09 bits per heavy atom. The molecule has 1 spiro atoms. The van der Waals surface area contributed by atoms with Gasteiger partial charge in [0.2, 0.25) is 0 Å². The zero-order valence-electron chi connectivity index (χ0n) is 64.5. The summed E-state index contributed by atoms with van der Waals surface area (Å²) in [6.07, 6.45) is 6.56. The number of rotatable bonds is 14. The Bertz CT molecular complexity index is 5790. The maximum Gasteiger partial charge on any atom is 0.179 e. The molecule has 14 aromatic carbocycles. The highest BCUT2D eigenvalue weighted by atomic mass is 28.3. The van der Waals surface area contributed by atoms with Crippen molar-refractivity contribution in [2.24, 2.45) is 23.7 Å². The van der Waals surface area contributed by atoms with Crippen molar-refractivity contribution in [2.75, 3.05) is 9.80 Å². The lowest BCUT2D eigenvalue weighted by Gasteiger charge is -2.61. The van der Waals surface area contributed by atoms with Gasteiger partial charge < -0.3 is 14.2 Å². The van der Waals surface area contributed by atoms with Crippen molar-refractivity contribution in [3.8, 4) is 22.3 Å². The number of anilines is 6. The molecule has 0 amide bonds. The Morgan fingerprint density at radius 2 is 0.664 bits per heavy atom. The van der Waals surface area contributed by atoms with Gasteiger partial charge in [0.05, 0.1) is 0 Å². The van der Waals surface area contributed by atoms with Crippen molar-refractivity contribution in [1.82, 2.24) is 0 Å². The van der Waals surface area contributed by atoms with E-state index in [-0.39, 0.29) is 21.7 Å². The van der Waals surface area contributed by atoms with Gasteiger partial charge in [-0.15, -0.1) is 0 Å². The van der Waals surface area contributed by atoms with Gasteiger partial charge >= 0.3 is 0 Å². The SMILES string of the molecule is CC(C)(C)c1cccc(N(c2ccc([Si](c3ccccc3)(c3ccccc3)c3ccccc3)cc2)c2ccc3c(c2)C(C)(C)c2cc4c(cc2-3)-c2ccc3oc5cc(N(c6ccc([Si](c7ccccc7)(c7ccccc7)c7ccccc7)cc6)c6cccc(C(C)(C)C)c6)ccc5c3c2C42C3CC4CC(C3)CC2C4)c1. The van der Waals surface area contributed by atoms with Gasteiger partial charge in [-0.25, -0.2) is 0 Å². The van der Waals surface area contributed by atoms with E-state index >= 15 is 0 Å². The number of fused-ring (bicyclic) bond motifs is 10. The summed E-state index contributed by atoms with van der Waals surface area (Å²) < 4.78 is 7.44. The normalized spacial score (nSPS) is 18.7. The third-order valence-corrected chi connectivity index (χ3v) is 36.4. The molecule has 6 aliphatic carbocycles. The average Bonchev–Trinajstić information content (AvgIpc) is 1.48. The van der Waals surface area contributed by atoms with Crippen molar-refractivity contribution < 1.29 is 4.42 Å². The Hall–Kier alpha value is -11.1. The summed E-state index contributed by atoms with van der Waals surface area (Å²) in [6, 6.07) is 131. The molecule has 0 saturated heterocycles. The lowest BCUT2D eigenvalue weighted by molar-refractivity contribution is -0.0393. The molecule has 0 unspecified atom stereocenters. The number of hydrogen-bond acceptors (Lipinski definition) is 3. The van der Waals surface area contributed by atoms with Crippen LogP contribution in [0.15, 0.2) is 344 Å². The van der Waals surface area contributed by atoms with Gasteiger partial charge in [0, 0.05) is 61.8 Å².